The van der Waals surface area contributed by atoms with E-state index in [-0.39, 0.29) is 6.54 Å². The number of benzene rings is 2. The summed E-state index contributed by atoms with van der Waals surface area (Å²) >= 11 is 0. The predicted octanol–water partition coefficient (Wildman–Crippen LogP) is 5.78. The van der Waals surface area contributed by atoms with E-state index in [0.29, 0.717) is 30.8 Å². The van der Waals surface area contributed by atoms with Gasteiger partial charge < -0.3 is 14.2 Å². The molecule has 0 bridgehead atoms. The first-order chi connectivity index (χ1) is 15.7. The van der Waals surface area contributed by atoms with Gasteiger partial charge in [0, 0.05) is 12.1 Å². The first-order valence-electron chi connectivity index (χ1n) is 10.8. The number of aryl methyl sites for hydroxylation is 1. The zero-order chi connectivity index (χ0) is 23.8. The lowest BCUT2D eigenvalue weighted by Crippen LogP contribution is -2.35. The summed E-state index contributed by atoms with van der Waals surface area (Å²) in [7, 11) is 1.61. The van der Waals surface area contributed by atoms with Gasteiger partial charge in [0.15, 0.2) is 0 Å². The summed E-state index contributed by atoms with van der Waals surface area (Å²) in [5.74, 6) is 0.737. The fourth-order valence-electron chi connectivity index (χ4n) is 4.50. The second-order valence-corrected chi connectivity index (χ2v) is 8.39. The zero-order valence-corrected chi connectivity index (χ0v) is 18.7. The Bertz CT molecular complexity index is 1080. The minimum atomic E-state index is -4.47. The highest BCUT2D eigenvalue weighted by Gasteiger charge is 2.41. The van der Waals surface area contributed by atoms with E-state index in [2.05, 4.69) is 0 Å². The number of amides is 1. The largest absolute Gasteiger partial charge is 0.496 e. The van der Waals surface area contributed by atoms with Crippen LogP contribution in [0.2, 0.25) is 0 Å². The van der Waals surface area contributed by atoms with Crippen molar-refractivity contribution in [2.75, 3.05) is 26.9 Å². The van der Waals surface area contributed by atoms with Gasteiger partial charge in [0.25, 0.3) is 0 Å². The molecule has 0 aromatic heterocycles. The lowest BCUT2D eigenvalue weighted by atomic mass is 9.94. The van der Waals surface area contributed by atoms with Crippen LogP contribution in [0.25, 0.3) is 5.57 Å². The molecule has 0 unspecified atom stereocenters. The molecule has 2 aromatic carbocycles. The van der Waals surface area contributed by atoms with Crippen LogP contribution in [0.1, 0.15) is 41.7 Å². The molecule has 2 atom stereocenters. The van der Waals surface area contributed by atoms with E-state index in [4.69, 9.17) is 14.2 Å². The summed E-state index contributed by atoms with van der Waals surface area (Å²) in [5.41, 5.74) is 2.98. The average molecular weight is 461 g/mol. The number of nitrogens with zero attached hydrogens (tertiary/aromatic N) is 1. The first kappa shape index (κ1) is 23.2. The van der Waals surface area contributed by atoms with E-state index in [1.807, 2.05) is 24.3 Å². The number of alkyl halides is 3. The Morgan fingerprint density at radius 2 is 1.94 bits per heavy atom. The lowest BCUT2D eigenvalue weighted by Gasteiger charge is -2.27. The molecule has 0 radical (unpaired) electrons. The van der Waals surface area contributed by atoms with Gasteiger partial charge in [-0.2, -0.15) is 13.2 Å². The Kier molecular flexibility index (Phi) is 6.38. The molecular formula is C25H26F3NO4. The molecule has 0 N–H and O–H groups in total. The van der Waals surface area contributed by atoms with Crippen LogP contribution < -0.4 is 4.74 Å². The van der Waals surface area contributed by atoms with Crippen LogP contribution in [0.4, 0.5) is 18.0 Å². The van der Waals surface area contributed by atoms with Crippen molar-refractivity contribution in [2.45, 2.75) is 38.6 Å². The molecule has 0 saturated carbocycles. The molecule has 0 spiro atoms. The third-order valence-corrected chi connectivity index (χ3v) is 6.14. The number of rotatable bonds is 5. The molecule has 1 fully saturated rings. The monoisotopic (exact) mass is 461 g/mol. The maximum absolute atomic E-state index is 13.3. The Balaban J connectivity index is 1.64. The summed E-state index contributed by atoms with van der Waals surface area (Å²) in [6.45, 7) is 4.57. The van der Waals surface area contributed by atoms with Gasteiger partial charge in [-0.15, -0.1) is 0 Å². The Morgan fingerprint density at radius 3 is 2.67 bits per heavy atom. The van der Waals surface area contributed by atoms with Gasteiger partial charge in [0.2, 0.25) is 0 Å². The number of cyclic esters (lactones) is 1. The van der Waals surface area contributed by atoms with Crippen molar-refractivity contribution < 1.29 is 32.2 Å². The minimum absolute atomic E-state index is 0.266. The highest BCUT2D eigenvalue weighted by Crippen LogP contribution is 2.39. The predicted molar refractivity (Wildman–Crippen MR) is 117 cm³/mol. The van der Waals surface area contributed by atoms with Crippen LogP contribution in [0.15, 0.2) is 48.0 Å². The molecule has 1 amide bonds. The maximum Gasteiger partial charge on any atom is 0.416 e. The fourth-order valence-corrected chi connectivity index (χ4v) is 4.50. The fraction of sp³-hybridized carbons (Fsp3) is 0.400. The molecule has 176 valence electrons. The van der Waals surface area contributed by atoms with Crippen molar-refractivity contribution in [1.29, 1.82) is 0 Å². The van der Waals surface area contributed by atoms with Crippen molar-refractivity contribution in [3.63, 3.8) is 0 Å². The van der Waals surface area contributed by atoms with Crippen molar-refractivity contribution in [1.82, 2.24) is 4.90 Å². The number of ether oxygens (including phenoxy) is 3. The third-order valence-electron chi connectivity index (χ3n) is 6.14. The molecular weight excluding hydrogens is 435 g/mol. The van der Waals surface area contributed by atoms with E-state index >= 15 is 0 Å². The van der Waals surface area contributed by atoms with Crippen LogP contribution in [-0.4, -0.2) is 43.9 Å². The van der Waals surface area contributed by atoms with E-state index in [0.717, 1.165) is 34.6 Å². The van der Waals surface area contributed by atoms with Crippen molar-refractivity contribution in [3.8, 4) is 5.75 Å². The molecule has 8 heteroatoms. The lowest BCUT2D eigenvalue weighted by molar-refractivity contribution is -0.137. The molecule has 2 aromatic rings. The summed E-state index contributed by atoms with van der Waals surface area (Å²) in [5, 5.41) is 0. The van der Waals surface area contributed by atoms with Crippen molar-refractivity contribution in [2.24, 2.45) is 0 Å². The molecule has 2 heterocycles. The number of hydrogen-bond acceptors (Lipinski definition) is 4. The second-order valence-electron chi connectivity index (χ2n) is 8.39. The smallest absolute Gasteiger partial charge is 0.416 e. The Hall–Kier alpha value is -3.00. The normalized spacial score (nSPS) is 21.4. The summed E-state index contributed by atoms with van der Waals surface area (Å²) in [6.07, 6.45) is -5.15. The Labute approximate surface area is 190 Å². The van der Waals surface area contributed by atoms with Gasteiger partial charge in [-0.3, -0.25) is 4.90 Å². The highest BCUT2D eigenvalue weighted by molar-refractivity contribution is 5.76. The molecule has 1 saturated heterocycles. The zero-order valence-electron chi connectivity index (χ0n) is 18.7. The summed E-state index contributed by atoms with van der Waals surface area (Å²) in [6, 6.07) is 11.0. The Morgan fingerprint density at radius 1 is 1.18 bits per heavy atom. The standard InChI is InChI=1S/C25H26F3NO4/c1-15-10-17(12-19(11-15)25(26,27)28)23-16(2)29(24(30)33-23)13-18-14-32-9-8-20(18)21-6-4-5-7-22(21)31-3/h4-7,10-12,16,23H,8-9,13-14H2,1-3H3/t16-,23-/m0/s1. The van der Waals surface area contributed by atoms with E-state index < -0.39 is 30.0 Å². The van der Waals surface area contributed by atoms with Gasteiger partial charge >= 0.3 is 12.3 Å². The van der Waals surface area contributed by atoms with Crippen molar-refractivity contribution >= 4 is 11.7 Å². The van der Waals surface area contributed by atoms with Crippen LogP contribution in [0.3, 0.4) is 0 Å². The molecule has 2 aliphatic rings. The van der Waals surface area contributed by atoms with Gasteiger partial charge in [0.1, 0.15) is 11.9 Å². The van der Waals surface area contributed by atoms with Gasteiger partial charge in [-0.05, 0) is 55.2 Å². The highest BCUT2D eigenvalue weighted by atomic mass is 19.4. The first-order valence-corrected chi connectivity index (χ1v) is 10.8. The topological polar surface area (TPSA) is 48.0 Å². The van der Waals surface area contributed by atoms with E-state index in [9.17, 15) is 18.0 Å². The summed E-state index contributed by atoms with van der Waals surface area (Å²) in [4.78, 5) is 14.3. The van der Waals surface area contributed by atoms with Crippen molar-refractivity contribution in [3.05, 3.63) is 70.3 Å². The molecule has 5 nitrogen and oxygen atoms in total. The number of para-hydroxylation sites is 1. The van der Waals surface area contributed by atoms with Crippen LogP contribution in [0.5, 0.6) is 5.75 Å². The maximum atomic E-state index is 13.3. The van der Waals surface area contributed by atoms with Crippen LogP contribution >= 0.6 is 0 Å². The molecule has 4 rings (SSSR count). The van der Waals surface area contributed by atoms with E-state index in [1.165, 1.54) is 0 Å². The third kappa shape index (κ3) is 4.71. The van der Waals surface area contributed by atoms with Crippen LogP contribution in [-0.2, 0) is 15.7 Å². The SMILES string of the molecule is COc1ccccc1C1=C(CN2C(=O)O[C@H](c3cc(C)cc(C(F)(F)F)c3)[C@@H]2C)COCC1. The van der Waals surface area contributed by atoms with E-state index in [1.54, 1.807) is 31.9 Å². The minimum Gasteiger partial charge on any atom is -0.496 e. The van der Waals surface area contributed by atoms with Gasteiger partial charge in [0.05, 0.1) is 31.9 Å². The number of hydrogen-bond donors (Lipinski definition) is 0. The van der Waals surface area contributed by atoms with Gasteiger partial charge in [-0.1, -0.05) is 29.8 Å². The quantitative estimate of drug-likeness (QED) is 0.567. The van der Waals surface area contributed by atoms with Crippen LogP contribution in [0, 0.1) is 6.92 Å². The summed E-state index contributed by atoms with van der Waals surface area (Å²) < 4.78 is 56.7. The number of methoxy groups -OCH3 is 1. The average Bonchev–Trinajstić information content (AvgIpc) is 3.07. The second kappa shape index (κ2) is 9.09. The molecule has 0 aliphatic carbocycles. The molecule has 2 aliphatic heterocycles. The number of halogens is 3. The number of carbonyl (C=O) groups excluding carboxylic acids is 1. The molecule has 33 heavy (non-hydrogen) atoms. The number of carbonyl (C=O) groups is 1. The van der Waals surface area contributed by atoms with Gasteiger partial charge in [-0.25, -0.2) is 4.79 Å².